The van der Waals surface area contributed by atoms with Crippen molar-refractivity contribution in [1.29, 1.82) is 0 Å². The van der Waals surface area contributed by atoms with Crippen LogP contribution in [0.1, 0.15) is 12.8 Å². The Hall–Kier alpha value is -1.71. The van der Waals surface area contributed by atoms with Crippen LogP contribution in [0.2, 0.25) is 0 Å². The average molecular weight is 318 g/mol. The molecule has 9 heteroatoms. The number of carbonyl (C=O) groups is 1. The highest BCUT2D eigenvalue weighted by Gasteiger charge is 2.34. The van der Waals surface area contributed by atoms with Crippen LogP contribution in [0.3, 0.4) is 0 Å². The number of hydrogen-bond acceptors (Lipinski definition) is 6. The van der Waals surface area contributed by atoms with Crippen LogP contribution in [0.4, 0.5) is 0 Å². The van der Waals surface area contributed by atoms with Gasteiger partial charge in [0.2, 0.25) is 9.84 Å². The van der Waals surface area contributed by atoms with Crippen molar-refractivity contribution in [1.82, 2.24) is 0 Å². The average Bonchev–Trinajstić information content (AvgIpc) is 2.68. The molecule has 20 heavy (non-hydrogen) atoms. The largest absolute Gasteiger partial charge is 0.511 e. The summed E-state index contributed by atoms with van der Waals surface area (Å²) < 4.78 is 54.8. The number of allylic oxidation sites excluding steroid dienone is 2. The monoisotopic (exact) mass is 318 g/mol. The first-order valence-electron chi connectivity index (χ1n) is 5.42. The summed E-state index contributed by atoms with van der Waals surface area (Å²) in [6.45, 7) is 0. The zero-order valence-electron chi connectivity index (χ0n) is 9.98. The molecule has 0 unspecified atom stereocenters. The lowest BCUT2D eigenvalue weighted by Crippen LogP contribution is -2.12. The third-order valence-corrected chi connectivity index (χ3v) is 5.57. The van der Waals surface area contributed by atoms with E-state index >= 15 is 0 Å². The molecule has 0 saturated carbocycles. The minimum atomic E-state index is -4.43. The van der Waals surface area contributed by atoms with E-state index in [1.54, 1.807) is 0 Å². The second kappa shape index (κ2) is 4.69. The molecule has 0 fully saturated rings. The van der Waals surface area contributed by atoms with Crippen molar-refractivity contribution < 1.29 is 31.3 Å². The first kappa shape index (κ1) is 14.7. The van der Waals surface area contributed by atoms with Crippen LogP contribution in [0.25, 0.3) is 0 Å². The molecule has 0 heterocycles. The molecule has 0 amide bonds. The lowest BCUT2D eigenvalue weighted by atomic mass is 10.3. The lowest BCUT2D eigenvalue weighted by molar-refractivity contribution is -0.114. The minimum absolute atomic E-state index is 0.0313. The molecule has 1 aliphatic carbocycles. The van der Waals surface area contributed by atoms with Gasteiger partial charge >= 0.3 is 0 Å². The van der Waals surface area contributed by atoms with Gasteiger partial charge in [0.25, 0.3) is 10.1 Å². The highest BCUT2D eigenvalue weighted by atomic mass is 32.2. The number of aliphatic hydroxyl groups is 1. The molecule has 0 saturated heterocycles. The predicted molar refractivity (Wildman–Crippen MR) is 67.3 cm³/mol. The van der Waals surface area contributed by atoms with Crippen LogP contribution >= 0.6 is 0 Å². The van der Waals surface area contributed by atoms with Crippen molar-refractivity contribution in [3.63, 3.8) is 0 Å². The second-order valence-electron chi connectivity index (χ2n) is 4.15. The van der Waals surface area contributed by atoms with Crippen LogP contribution in [0, 0.1) is 0 Å². The molecule has 108 valence electrons. The van der Waals surface area contributed by atoms with E-state index in [1.165, 1.54) is 0 Å². The van der Waals surface area contributed by atoms with Gasteiger partial charge in [0.15, 0.2) is 10.7 Å². The Morgan fingerprint density at radius 2 is 1.40 bits per heavy atom. The van der Waals surface area contributed by atoms with Crippen LogP contribution in [0.5, 0.6) is 0 Å². The van der Waals surface area contributed by atoms with Gasteiger partial charge in [-0.15, -0.1) is 0 Å². The molecule has 1 aromatic rings. The first-order valence-corrected chi connectivity index (χ1v) is 8.34. The second-order valence-corrected chi connectivity index (χ2v) is 7.46. The Kier molecular flexibility index (Phi) is 3.44. The number of benzene rings is 1. The fraction of sp³-hybridized carbons (Fsp3) is 0.182. The van der Waals surface area contributed by atoms with Gasteiger partial charge in [-0.2, -0.15) is 8.42 Å². The molecule has 2 N–H and O–H groups in total. The van der Waals surface area contributed by atoms with Crippen molar-refractivity contribution in [3.05, 3.63) is 34.9 Å². The van der Waals surface area contributed by atoms with Gasteiger partial charge in [-0.3, -0.25) is 9.35 Å². The van der Waals surface area contributed by atoms with Gasteiger partial charge in [0.1, 0.15) is 5.76 Å². The number of ketones is 1. The summed E-state index contributed by atoms with van der Waals surface area (Å²) >= 11 is 0. The summed E-state index contributed by atoms with van der Waals surface area (Å²) in [6.07, 6.45) is -0.111. The van der Waals surface area contributed by atoms with E-state index in [4.69, 9.17) is 4.55 Å². The normalized spacial score (nSPS) is 16.8. The van der Waals surface area contributed by atoms with Gasteiger partial charge in [0, 0.05) is 12.8 Å². The minimum Gasteiger partial charge on any atom is -0.511 e. The van der Waals surface area contributed by atoms with Crippen molar-refractivity contribution in [2.75, 3.05) is 0 Å². The highest BCUT2D eigenvalue weighted by Crippen LogP contribution is 2.30. The summed E-state index contributed by atoms with van der Waals surface area (Å²) in [7, 11) is -8.62. The molecule has 0 spiro atoms. The number of carbonyl (C=O) groups excluding carboxylic acids is 1. The molecule has 0 atom stereocenters. The molecule has 0 aromatic heterocycles. The lowest BCUT2D eigenvalue weighted by Gasteiger charge is -2.05. The maximum absolute atomic E-state index is 12.2. The standard InChI is InChI=1S/C11H10O7S2/c12-9-5-6-10(13)11(9)19(14,15)7-1-3-8(4-2-7)20(16,17)18/h1-4,12H,5-6H2,(H,16,17,18). The molecule has 0 radical (unpaired) electrons. The zero-order valence-corrected chi connectivity index (χ0v) is 11.6. The third-order valence-electron chi connectivity index (χ3n) is 2.80. The quantitative estimate of drug-likeness (QED) is 0.791. The SMILES string of the molecule is O=C1CCC(O)=C1S(=O)(=O)c1ccc(S(=O)(=O)O)cc1. The summed E-state index contributed by atoms with van der Waals surface area (Å²) in [5.41, 5.74) is 0. The van der Waals surface area contributed by atoms with Crippen LogP contribution in [-0.2, 0) is 24.7 Å². The Balaban J connectivity index is 2.52. The first-order chi connectivity index (χ1) is 9.14. The fourth-order valence-corrected chi connectivity index (χ4v) is 3.86. The Morgan fingerprint density at radius 1 is 0.900 bits per heavy atom. The van der Waals surface area contributed by atoms with Gasteiger partial charge in [-0.1, -0.05) is 0 Å². The van der Waals surface area contributed by atoms with Gasteiger partial charge in [0.05, 0.1) is 9.79 Å². The molecule has 0 aliphatic heterocycles. The molecular formula is C11H10O7S2. The van der Waals surface area contributed by atoms with E-state index in [-0.39, 0.29) is 17.7 Å². The van der Waals surface area contributed by atoms with E-state index in [9.17, 15) is 26.7 Å². The highest BCUT2D eigenvalue weighted by molar-refractivity contribution is 7.96. The Morgan fingerprint density at radius 3 is 1.80 bits per heavy atom. The van der Waals surface area contributed by atoms with Crippen LogP contribution in [0.15, 0.2) is 44.7 Å². The molecular weight excluding hydrogens is 308 g/mol. The Labute approximate surface area is 115 Å². The zero-order chi connectivity index (χ0) is 15.1. The van der Waals surface area contributed by atoms with Crippen molar-refractivity contribution in [3.8, 4) is 0 Å². The maximum atomic E-state index is 12.2. The molecule has 1 aliphatic rings. The number of rotatable bonds is 3. The summed E-state index contributed by atoms with van der Waals surface area (Å²) in [5, 5.41) is 9.48. The van der Waals surface area contributed by atoms with E-state index in [0.29, 0.717) is 0 Å². The van der Waals surface area contributed by atoms with E-state index < -0.39 is 41.3 Å². The number of aliphatic hydroxyl groups excluding tert-OH is 1. The number of Topliss-reactive ketones (excluding diaryl/α,β-unsaturated/α-hetero) is 1. The van der Waals surface area contributed by atoms with E-state index in [2.05, 4.69) is 0 Å². The topological polar surface area (TPSA) is 126 Å². The fourth-order valence-electron chi connectivity index (χ4n) is 1.83. The number of hydrogen-bond donors (Lipinski definition) is 2. The predicted octanol–water partition coefficient (Wildman–Crippen LogP) is 0.840. The molecule has 1 aromatic carbocycles. The molecule has 7 nitrogen and oxygen atoms in total. The van der Waals surface area contributed by atoms with E-state index in [1.807, 2.05) is 0 Å². The van der Waals surface area contributed by atoms with Crippen LogP contribution < -0.4 is 0 Å². The van der Waals surface area contributed by atoms with Gasteiger partial charge in [-0.25, -0.2) is 8.42 Å². The summed E-state index contributed by atoms with van der Waals surface area (Å²) in [4.78, 5) is 10.0. The van der Waals surface area contributed by atoms with Gasteiger partial charge < -0.3 is 5.11 Å². The van der Waals surface area contributed by atoms with Crippen molar-refractivity contribution in [2.24, 2.45) is 0 Å². The summed E-state index contributed by atoms with van der Waals surface area (Å²) in [5.74, 6) is -1.17. The third kappa shape index (κ3) is 2.47. The van der Waals surface area contributed by atoms with E-state index in [0.717, 1.165) is 24.3 Å². The van der Waals surface area contributed by atoms with Gasteiger partial charge in [-0.05, 0) is 24.3 Å². The molecule has 2 rings (SSSR count). The van der Waals surface area contributed by atoms with Crippen molar-refractivity contribution in [2.45, 2.75) is 22.6 Å². The maximum Gasteiger partial charge on any atom is 0.294 e. The number of sulfone groups is 1. The van der Waals surface area contributed by atoms with Crippen LogP contribution in [-0.4, -0.2) is 32.3 Å². The smallest absolute Gasteiger partial charge is 0.294 e. The van der Waals surface area contributed by atoms with Crippen molar-refractivity contribution >= 4 is 25.7 Å². The summed E-state index contributed by atoms with van der Waals surface area (Å²) in [6, 6.07) is 3.70. The Bertz CT molecular complexity index is 799. The molecule has 0 bridgehead atoms.